The molecule has 3 nitrogen and oxygen atoms in total. The van der Waals surface area contributed by atoms with Gasteiger partial charge in [-0.15, -0.1) is 0 Å². The molecule has 1 heterocycles. The van der Waals surface area contributed by atoms with Gasteiger partial charge in [-0.1, -0.05) is 24.1 Å². The zero-order valence-corrected chi connectivity index (χ0v) is 11.1. The Morgan fingerprint density at radius 1 is 1.15 bits per heavy atom. The SMILES string of the molecule is CCOC(=O)C#Cc1ccc2[nH]c3ccccc3c2c1. The number of hydrogen-bond acceptors (Lipinski definition) is 2. The van der Waals surface area contributed by atoms with Gasteiger partial charge in [0.15, 0.2) is 0 Å². The zero-order valence-electron chi connectivity index (χ0n) is 11.1. The van der Waals surface area contributed by atoms with Crippen molar-refractivity contribution in [3.63, 3.8) is 0 Å². The minimum atomic E-state index is -0.494. The summed E-state index contributed by atoms with van der Waals surface area (Å²) in [4.78, 5) is 14.6. The molecule has 0 atom stereocenters. The van der Waals surface area contributed by atoms with E-state index in [0.717, 1.165) is 27.4 Å². The largest absolute Gasteiger partial charge is 0.456 e. The third kappa shape index (κ3) is 2.24. The number of carbonyl (C=O) groups excluding carboxylic acids is 1. The zero-order chi connectivity index (χ0) is 13.9. The minimum Gasteiger partial charge on any atom is -0.456 e. The Morgan fingerprint density at radius 3 is 2.80 bits per heavy atom. The molecule has 1 aromatic heterocycles. The number of para-hydroxylation sites is 1. The molecular weight excluding hydrogens is 250 g/mol. The molecule has 0 aliphatic carbocycles. The molecule has 0 saturated carbocycles. The Labute approximate surface area is 116 Å². The number of aromatic nitrogens is 1. The summed E-state index contributed by atoms with van der Waals surface area (Å²) in [6.45, 7) is 2.10. The van der Waals surface area contributed by atoms with E-state index in [1.54, 1.807) is 6.92 Å². The molecule has 0 radical (unpaired) electrons. The summed E-state index contributed by atoms with van der Waals surface area (Å²) >= 11 is 0. The van der Waals surface area contributed by atoms with Gasteiger partial charge in [0.2, 0.25) is 0 Å². The Hall–Kier alpha value is -2.73. The third-order valence-corrected chi connectivity index (χ3v) is 3.09. The number of rotatable bonds is 1. The summed E-state index contributed by atoms with van der Waals surface area (Å²) in [7, 11) is 0. The first kappa shape index (κ1) is 12.3. The second-order valence-corrected chi connectivity index (χ2v) is 4.40. The van der Waals surface area contributed by atoms with Gasteiger partial charge in [-0.05, 0) is 31.2 Å². The summed E-state index contributed by atoms with van der Waals surface area (Å²) in [6, 6.07) is 14.0. The normalized spacial score (nSPS) is 10.2. The molecule has 0 fully saturated rings. The standard InChI is InChI=1S/C17H13NO2/c1-2-20-17(19)10-8-12-7-9-16-14(11-12)13-5-3-4-6-15(13)18-16/h3-7,9,11,18H,2H2,1H3. The van der Waals surface area contributed by atoms with Crippen molar-refractivity contribution in [2.45, 2.75) is 6.92 Å². The molecule has 2 aromatic carbocycles. The fraction of sp³-hybridized carbons (Fsp3) is 0.118. The summed E-state index contributed by atoms with van der Waals surface area (Å²) in [5.41, 5.74) is 2.96. The van der Waals surface area contributed by atoms with Crippen LogP contribution in [0.15, 0.2) is 42.5 Å². The van der Waals surface area contributed by atoms with Crippen LogP contribution >= 0.6 is 0 Å². The van der Waals surface area contributed by atoms with Gasteiger partial charge in [0, 0.05) is 33.3 Å². The number of carbonyl (C=O) groups is 1. The number of hydrogen-bond donors (Lipinski definition) is 1. The van der Waals surface area contributed by atoms with Crippen LogP contribution in [-0.4, -0.2) is 17.6 Å². The molecule has 3 aromatic rings. The van der Waals surface area contributed by atoms with Crippen LogP contribution in [0.1, 0.15) is 12.5 Å². The summed E-state index contributed by atoms with van der Waals surface area (Å²) < 4.78 is 4.79. The summed E-state index contributed by atoms with van der Waals surface area (Å²) in [5.74, 6) is 4.83. The van der Waals surface area contributed by atoms with Gasteiger partial charge in [0.25, 0.3) is 0 Å². The lowest BCUT2D eigenvalue weighted by Crippen LogP contribution is -1.99. The fourth-order valence-corrected chi connectivity index (χ4v) is 2.22. The van der Waals surface area contributed by atoms with E-state index < -0.39 is 5.97 Å². The second-order valence-electron chi connectivity index (χ2n) is 4.40. The maximum Gasteiger partial charge on any atom is 0.384 e. The van der Waals surface area contributed by atoms with E-state index in [-0.39, 0.29) is 0 Å². The first-order chi connectivity index (χ1) is 9.78. The predicted molar refractivity (Wildman–Crippen MR) is 79.3 cm³/mol. The molecule has 0 amide bonds. The molecule has 0 unspecified atom stereocenters. The van der Waals surface area contributed by atoms with Gasteiger partial charge in [-0.25, -0.2) is 4.79 Å². The monoisotopic (exact) mass is 263 g/mol. The first-order valence-electron chi connectivity index (χ1n) is 6.47. The number of ether oxygens (including phenoxy) is 1. The van der Waals surface area contributed by atoms with E-state index in [1.165, 1.54) is 0 Å². The highest BCUT2D eigenvalue weighted by Crippen LogP contribution is 2.25. The van der Waals surface area contributed by atoms with Crippen LogP contribution in [0.2, 0.25) is 0 Å². The van der Waals surface area contributed by atoms with Crippen LogP contribution in [0.5, 0.6) is 0 Å². The first-order valence-corrected chi connectivity index (χ1v) is 6.47. The topological polar surface area (TPSA) is 42.1 Å². The Bertz CT molecular complexity index is 849. The fourth-order valence-electron chi connectivity index (χ4n) is 2.22. The van der Waals surface area contributed by atoms with Crippen LogP contribution in [0.25, 0.3) is 21.8 Å². The van der Waals surface area contributed by atoms with E-state index in [1.807, 2.05) is 36.4 Å². The van der Waals surface area contributed by atoms with Crippen molar-refractivity contribution < 1.29 is 9.53 Å². The maximum absolute atomic E-state index is 11.2. The van der Waals surface area contributed by atoms with E-state index >= 15 is 0 Å². The smallest absolute Gasteiger partial charge is 0.384 e. The van der Waals surface area contributed by atoms with Gasteiger partial charge in [0.05, 0.1) is 6.61 Å². The second kappa shape index (κ2) is 5.10. The number of fused-ring (bicyclic) bond motifs is 3. The number of benzene rings is 2. The molecule has 3 heteroatoms. The van der Waals surface area contributed by atoms with E-state index in [4.69, 9.17) is 4.74 Å². The van der Waals surface area contributed by atoms with Gasteiger partial charge < -0.3 is 9.72 Å². The molecule has 0 spiro atoms. The third-order valence-electron chi connectivity index (χ3n) is 3.09. The van der Waals surface area contributed by atoms with Crippen molar-refractivity contribution in [3.05, 3.63) is 48.0 Å². The highest BCUT2D eigenvalue weighted by Gasteiger charge is 2.03. The molecule has 3 rings (SSSR count). The maximum atomic E-state index is 11.2. The van der Waals surface area contributed by atoms with Crippen molar-refractivity contribution in [2.24, 2.45) is 0 Å². The van der Waals surface area contributed by atoms with Crippen LogP contribution in [0.4, 0.5) is 0 Å². The average molecular weight is 263 g/mol. The van der Waals surface area contributed by atoms with Crippen LogP contribution < -0.4 is 0 Å². The van der Waals surface area contributed by atoms with Gasteiger partial charge in [-0.2, -0.15) is 0 Å². The van der Waals surface area contributed by atoms with Gasteiger partial charge in [0.1, 0.15) is 0 Å². The molecule has 98 valence electrons. The molecule has 0 bridgehead atoms. The van der Waals surface area contributed by atoms with Crippen molar-refractivity contribution in [3.8, 4) is 11.8 Å². The van der Waals surface area contributed by atoms with Crippen LogP contribution in [-0.2, 0) is 9.53 Å². The van der Waals surface area contributed by atoms with Crippen molar-refractivity contribution in [2.75, 3.05) is 6.61 Å². The molecule has 0 saturated heterocycles. The average Bonchev–Trinajstić information content (AvgIpc) is 2.83. The van der Waals surface area contributed by atoms with Crippen molar-refractivity contribution >= 4 is 27.8 Å². The molecule has 0 aliphatic rings. The lowest BCUT2D eigenvalue weighted by atomic mass is 10.1. The number of H-pyrrole nitrogens is 1. The molecule has 20 heavy (non-hydrogen) atoms. The van der Waals surface area contributed by atoms with Crippen molar-refractivity contribution in [1.82, 2.24) is 4.98 Å². The summed E-state index contributed by atoms with van der Waals surface area (Å²) in [6.07, 6.45) is 0. The van der Waals surface area contributed by atoms with Crippen molar-refractivity contribution in [1.29, 1.82) is 0 Å². The van der Waals surface area contributed by atoms with E-state index in [2.05, 4.69) is 22.9 Å². The van der Waals surface area contributed by atoms with Gasteiger partial charge >= 0.3 is 5.97 Å². The van der Waals surface area contributed by atoms with E-state index in [9.17, 15) is 4.79 Å². The molecule has 1 N–H and O–H groups in total. The Balaban J connectivity index is 2.06. The highest BCUT2D eigenvalue weighted by molar-refractivity contribution is 6.07. The number of esters is 1. The molecular formula is C17H13NO2. The lowest BCUT2D eigenvalue weighted by molar-refractivity contribution is -0.136. The van der Waals surface area contributed by atoms with E-state index in [0.29, 0.717) is 6.61 Å². The van der Waals surface area contributed by atoms with Crippen LogP contribution in [0, 0.1) is 11.8 Å². The Kier molecular flexibility index (Phi) is 3.14. The summed E-state index contributed by atoms with van der Waals surface area (Å²) in [5, 5.41) is 2.26. The quantitative estimate of drug-likeness (QED) is 0.541. The number of nitrogens with one attached hydrogen (secondary N) is 1. The van der Waals surface area contributed by atoms with Gasteiger partial charge in [-0.3, -0.25) is 0 Å². The highest BCUT2D eigenvalue weighted by atomic mass is 16.5. The Morgan fingerprint density at radius 2 is 1.95 bits per heavy atom. The predicted octanol–water partition coefficient (Wildman–Crippen LogP) is 3.24. The number of aromatic amines is 1. The molecule has 0 aliphatic heterocycles. The minimum absolute atomic E-state index is 0.342. The lowest BCUT2D eigenvalue weighted by Gasteiger charge is -1.94. The van der Waals surface area contributed by atoms with Crippen LogP contribution in [0.3, 0.4) is 0 Å².